The van der Waals surface area contributed by atoms with Gasteiger partial charge in [-0.15, -0.1) is 5.10 Å². The molecule has 0 N–H and O–H groups in total. The Hall–Kier alpha value is -3.09. The van der Waals surface area contributed by atoms with Gasteiger partial charge < -0.3 is 4.74 Å². The fourth-order valence-electron chi connectivity index (χ4n) is 1.91. The maximum atomic E-state index is 13.5. The van der Waals surface area contributed by atoms with Crippen LogP contribution in [-0.4, -0.2) is 26.2 Å². The Labute approximate surface area is 125 Å². The zero-order chi connectivity index (χ0) is 15.4. The van der Waals surface area contributed by atoms with Crippen molar-refractivity contribution in [3.63, 3.8) is 0 Å². The van der Waals surface area contributed by atoms with E-state index in [1.54, 1.807) is 42.5 Å². The zero-order valence-electron chi connectivity index (χ0n) is 11.4. The molecule has 110 valence electrons. The number of ether oxygens (including phenoxy) is 1. The summed E-state index contributed by atoms with van der Waals surface area (Å²) in [7, 11) is 0. The molecular weight excluding hydrogens is 287 g/mol. The van der Waals surface area contributed by atoms with Crippen LogP contribution in [0.15, 0.2) is 54.9 Å². The molecule has 6 nitrogen and oxygen atoms in total. The predicted molar refractivity (Wildman–Crippen MR) is 74.9 cm³/mol. The Kier molecular flexibility index (Phi) is 3.86. The molecule has 1 aromatic heterocycles. The third-order valence-corrected chi connectivity index (χ3v) is 2.97. The van der Waals surface area contributed by atoms with Gasteiger partial charge in [-0.05, 0) is 46.3 Å². The smallest absolute Gasteiger partial charge is 0.315 e. The lowest BCUT2D eigenvalue weighted by Gasteiger charge is -2.06. The molecular formula is C15H11FN4O2. The van der Waals surface area contributed by atoms with Gasteiger partial charge in [-0.2, -0.15) is 0 Å². The van der Waals surface area contributed by atoms with Gasteiger partial charge in [0.1, 0.15) is 17.9 Å². The average Bonchev–Trinajstić information content (AvgIpc) is 3.05. The van der Waals surface area contributed by atoms with Crippen LogP contribution in [0.25, 0.3) is 5.69 Å². The first-order valence-electron chi connectivity index (χ1n) is 6.50. The van der Waals surface area contributed by atoms with E-state index < -0.39 is 11.8 Å². The predicted octanol–water partition coefficient (Wildman–Crippen LogP) is 1.95. The van der Waals surface area contributed by atoms with Crippen molar-refractivity contribution < 1.29 is 13.9 Å². The maximum Gasteiger partial charge on any atom is 0.315 e. The lowest BCUT2D eigenvalue weighted by atomic mass is 10.1. The molecule has 0 atom stereocenters. The van der Waals surface area contributed by atoms with E-state index >= 15 is 0 Å². The van der Waals surface area contributed by atoms with Gasteiger partial charge in [0, 0.05) is 0 Å². The molecule has 0 bridgehead atoms. The molecule has 0 fully saturated rings. The molecule has 0 saturated heterocycles. The topological polar surface area (TPSA) is 69.9 Å². The largest absolute Gasteiger partial charge is 0.426 e. The van der Waals surface area contributed by atoms with E-state index in [4.69, 9.17) is 4.74 Å². The van der Waals surface area contributed by atoms with E-state index in [-0.39, 0.29) is 6.42 Å². The number of carbonyl (C=O) groups is 1. The molecule has 0 aliphatic rings. The summed E-state index contributed by atoms with van der Waals surface area (Å²) in [5.74, 6) is -0.577. The lowest BCUT2D eigenvalue weighted by Crippen LogP contribution is -2.12. The van der Waals surface area contributed by atoms with E-state index in [0.29, 0.717) is 11.3 Å². The minimum absolute atomic E-state index is 0.124. The Morgan fingerprint density at radius 1 is 1.14 bits per heavy atom. The normalized spacial score (nSPS) is 10.4. The van der Waals surface area contributed by atoms with Crippen LogP contribution in [0.2, 0.25) is 0 Å². The fourth-order valence-corrected chi connectivity index (χ4v) is 1.91. The summed E-state index contributed by atoms with van der Waals surface area (Å²) in [6.45, 7) is 0. The molecule has 0 saturated carbocycles. The van der Waals surface area contributed by atoms with E-state index in [1.807, 2.05) is 0 Å². The van der Waals surface area contributed by atoms with Crippen LogP contribution in [0, 0.1) is 5.82 Å². The third-order valence-electron chi connectivity index (χ3n) is 2.97. The van der Waals surface area contributed by atoms with Crippen molar-refractivity contribution in [1.29, 1.82) is 0 Å². The van der Waals surface area contributed by atoms with Gasteiger partial charge in [0.2, 0.25) is 0 Å². The van der Waals surface area contributed by atoms with Gasteiger partial charge in [0.25, 0.3) is 0 Å². The first-order valence-corrected chi connectivity index (χ1v) is 6.50. The van der Waals surface area contributed by atoms with Crippen LogP contribution >= 0.6 is 0 Å². The molecule has 1 heterocycles. The molecule has 0 amide bonds. The highest BCUT2D eigenvalue weighted by molar-refractivity contribution is 5.75. The minimum atomic E-state index is -0.528. The van der Waals surface area contributed by atoms with E-state index in [1.165, 1.54) is 17.1 Å². The number of hydrogen-bond donors (Lipinski definition) is 0. The van der Waals surface area contributed by atoms with Crippen LogP contribution in [0.4, 0.5) is 4.39 Å². The molecule has 7 heteroatoms. The lowest BCUT2D eigenvalue weighted by molar-refractivity contribution is -0.133. The summed E-state index contributed by atoms with van der Waals surface area (Å²) < 4.78 is 20.1. The Balaban J connectivity index is 1.66. The van der Waals surface area contributed by atoms with Crippen molar-refractivity contribution in [3.8, 4) is 11.4 Å². The zero-order valence-corrected chi connectivity index (χ0v) is 11.4. The van der Waals surface area contributed by atoms with Crippen LogP contribution in [0.5, 0.6) is 5.75 Å². The number of esters is 1. The van der Waals surface area contributed by atoms with E-state index in [0.717, 1.165) is 5.69 Å². The molecule has 0 aliphatic carbocycles. The summed E-state index contributed by atoms with van der Waals surface area (Å²) in [5.41, 5.74) is 1.04. The molecule has 0 spiro atoms. The summed E-state index contributed by atoms with van der Waals surface area (Å²) in [5, 5.41) is 10.8. The standard InChI is InChI=1S/C15H11FN4O2/c16-14-4-2-1-3-11(14)9-15(21)22-13-7-5-12(6-8-13)20-10-17-18-19-20/h1-8,10H,9H2. The van der Waals surface area contributed by atoms with Crippen LogP contribution in [0.1, 0.15) is 5.56 Å². The fraction of sp³-hybridized carbons (Fsp3) is 0.0667. The molecule has 2 aromatic carbocycles. The Bertz CT molecular complexity index is 773. The van der Waals surface area contributed by atoms with Crippen molar-refractivity contribution in [3.05, 3.63) is 66.2 Å². The van der Waals surface area contributed by atoms with Gasteiger partial charge in [0.15, 0.2) is 0 Å². The van der Waals surface area contributed by atoms with E-state index in [9.17, 15) is 9.18 Å². The van der Waals surface area contributed by atoms with Crippen LogP contribution in [-0.2, 0) is 11.2 Å². The highest BCUT2D eigenvalue weighted by atomic mass is 19.1. The number of benzene rings is 2. The quantitative estimate of drug-likeness (QED) is 0.544. The first-order chi connectivity index (χ1) is 10.7. The number of halogens is 1. The minimum Gasteiger partial charge on any atom is -0.426 e. The van der Waals surface area contributed by atoms with Crippen LogP contribution in [0.3, 0.4) is 0 Å². The number of hydrogen-bond acceptors (Lipinski definition) is 5. The molecule has 3 rings (SSSR count). The molecule has 3 aromatic rings. The van der Waals surface area contributed by atoms with Crippen molar-refractivity contribution in [1.82, 2.24) is 20.2 Å². The number of carbonyl (C=O) groups excluding carboxylic acids is 1. The monoisotopic (exact) mass is 298 g/mol. The molecule has 22 heavy (non-hydrogen) atoms. The summed E-state index contributed by atoms with van der Waals surface area (Å²) in [4.78, 5) is 11.8. The van der Waals surface area contributed by atoms with Gasteiger partial charge in [-0.25, -0.2) is 9.07 Å². The Morgan fingerprint density at radius 2 is 1.91 bits per heavy atom. The first kappa shape index (κ1) is 13.9. The highest BCUT2D eigenvalue weighted by Gasteiger charge is 2.10. The second-order valence-electron chi connectivity index (χ2n) is 4.49. The van der Waals surface area contributed by atoms with Crippen molar-refractivity contribution in [2.75, 3.05) is 0 Å². The third kappa shape index (κ3) is 3.14. The number of rotatable bonds is 4. The highest BCUT2D eigenvalue weighted by Crippen LogP contribution is 2.15. The SMILES string of the molecule is O=C(Cc1ccccc1F)Oc1ccc(-n2cnnn2)cc1. The average molecular weight is 298 g/mol. The molecule has 0 radical (unpaired) electrons. The summed E-state index contributed by atoms with van der Waals surface area (Å²) in [6.07, 6.45) is 1.33. The van der Waals surface area contributed by atoms with Crippen molar-refractivity contribution in [2.24, 2.45) is 0 Å². The van der Waals surface area contributed by atoms with Crippen molar-refractivity contribution >= 4 is 5.97 Å². The van der Waals surface area contributed by atoms with E-state index in [2.05, 4.69) is 15.5 Å². The number of nitrogens with zero attached hydrogens (tertiary/aromatic N) is 4. The summed E-state index contributed by atoms with van der Waals surface area (Å²) in [6, 6.07) is 12.8. The molecule has 0 unspecified atom stereocenters. The van der Waals surface area contributed by atoms with Crippen molar-refractivity contribution in [2.45, 2.75) is 6.42 Å². The maximum absolute atomic E-state index is 13.5. The number of aromatic nitrogens is 4. The second-order valence-corrected chi connectivity index (χ2v) is 4.49. The van der Waals surface area contributed by atoms with Gasteiger partial charge in [-0.3, -0.25) is 4.79 Å². The van der Waals surface area contributed by atoms with Gasteiger partial charge >= 0.3 is 5.97 Å². The van der Waals surface area contributed by atoms with Crippen LogP contribution < -0.4 is 4.74 Å². The van der Waals surface area contributed by atoms with Gasteiger partial charge in [-0.1, -0.05) is 18.2 Å². The summed E-state index contributed by atoms with van der Waals surface area (Å²) >= 11 is 0. The second kappa shape index (κ2) is 6.13. The van der Waals surface area contributed by atoms with Gasteiger partial charge in [0.05, 0.1) is 12.1 Å². The number of tetrazole rings is 1. The Morgan fingerprint density at radius 3 is 2.59 bits per heavy atom. The molecule has 0 aliphatic heterocycles.